The van der Waals surface area contributed by atoms with Crippen LogP contribution in [0.2, 0.25) is 0 Å². The third-order valence-corrected chi connectivity index (χ3v) is 16.4. The van der Waals surface area contributed by atoms with Crippen LogP contribution in [-0.2, 0) is 0 Å². The van der Waals surface area contributed by atoms with Crippen LogP contribution in [-0.4, -0.2) is 299 Å². The summed E-state index contributed by atoms with van der Waals surface area (Å²) in [5.74, 6) is 8.90. The molecular formula is C54H109FN7O7+7. The van der Waals surface area contributed by atoms with Gasteiger partial charge in [0.05, 0.1) is 149 Å². The lowest BCUT2D eigenvalue weighted by molar-refractivity contribution is -0.933. The normalized spacial score (nSPS) is 33.0. The van der Waals surface area contributed by atoms with Gasteiger partial charge in [0.15, 0.2) is 0 Å². The first-order valence-electron chi connectivity index (χ1n) is 26.3. The van der Waals surface area contributed by atoms with E-state index in [9.17, 15) is 14.6 Å². The molecule has 2 aliphatic carbocycles. The molecule has 402 valence electrons. The second kappa shape index (κ2) is 30.9. The van der Waals surface area contributed by atoms with E-state index in [4.69, 9.17) is 44.8 Å². The Kier molecular flexibility index (Phi) is 29.2. The zero-order chi connectivity index (χ0) is 52.6. The quantitative estimate of drug-likeness (QED) is 0.0792. The molecule has 0 spiro atoms. The van der Waals surface area contributed by atoms with Gasteiger partial charge in [0.1, 0.15) is 76.1 Å². The Hall–Kier alpha value is -1.95. The Morgan fingerprint density at radius 1 is 0.522 bits per heavy atom. The molecule has 7 aliphatic rings. The van der Waals surface area contributed by atoms with Gasteiger partial charge in [-0.05, 0) is 30.6 Å². The van der Waals surface area contributed by atoms with E-state index in [0.717, 1.165) is 143 Å². The van der Waals surface area contributed by atoms with Crippen molar-refractivity contribution in [2.24, 2.45) is 5.92 Å². The molecule has 15 heteroatoms. The molecule has 0 aromatic carbocycles. The van der Waals surface area contributed by atoms with Crippen LogP contribution in [0.4, 0.5) is 4.39 Å². The Labute approximate surface area is 422 Å². The van der Waals surface area contributed by atoms with E-state index >= 15 is 0 Å². The first kappa shape index (κ1) is 65.1. The molecule has 9 atom stereocenters. The molecule has 2 saturated carbocycles. The highest BCUT2D eigenvalue weighted by molar-refractivity contribution is 4.86. The van der Waals surface area contributed by atoms with E-state index < -0.39 is 0 Å². The Bertz CT molecular complexity index is 1510. The number of rotatable bonds is 14. The largest absolute Gasteiger partial charge is 0.391 e. The van der Waals surface area contributed by atoms with Crippen LogP contribution in [0, 0.1) is 42.9 Å². The fourth-order valence-electron chi connectivity index (χ4n) is 10.7. The van der Waals surface area contributed by atoms with E-state index in [1.54, 1.807) is 0 Å². The van der Waals surface area contributed by atoms with Crippen molar-refractivity contribution in [3.8, 4) is 37.0 Å². The fraction of sp³-hybridized carbons (Fsp3) is 0.889. The van der Waals surface area contributed by atoms with Crippen molar-refractivity contribution in [1.29, 1.82) is 0 Å². The Morgan fingerprint density at radius 2 is 0.942 bits per heavy atom. The predicted molar refractivity (Wildman–Crippen MR) is 278 cm³/mol. The predicted octanol–water partition coefficient (Wildman–Crippen LogP) is 1.30. The van der Waals surface area contributed by atoms with Gasteiger partial charge in [-0.3, -0.25) is 4.48 Å². The maximum absolute atomic E-state index is 12.4. The third kappa shape index (κ3) is 24.6. The van der Waals surface area contributed by atoms with E-state index in [-0.39, 0.29) is 38.3 Å². The zero-order valence-corrected chi connectivity index (χ0v) is 45.8. The van der Waals surface area contributed by atoms with Crippen LogP contribution >= 0.6 is 0 Å². The minimum atomic E-state index is -0.342. The van der Waals surface area contributed by atoms with Gasteiger partial charge in [0, 0.05) is 70.1 Å². The molecular weight excluding hydrogens is 878 g/mol. The molecule has 7 N–H and O–H groups in total. The number of likely N-dealkylation sites (N-methyl/N-ethyl adjacent to an activating group) is 7. The molecule has 0 aromatic rings. The number of nitrogens with zero attached hydrogens (tertiary/aromatic N) is 7. The molecule has 0 bridgehead atoms. The molecule has 5 saturated heterocycles. The number of hydrogen-bond donors (Lipinski definition) is 7. The van der Waals surface area contributed by atoms with E-state index in [1.165, 1.54) is 58.0 Å². The van der Waals surface area contributed by atoms with Gasteiger partial charge in [0.25, 0.3) is 0 Å². The standard InChI is InChI=1S/C9H16NO.C8H18NO.2C8H14NO.C7H15FNO.2C7H16NO/c1-3-6-10(2)7-4-5-9(10)8-11;1-9(2,5-6-10)7-8-3-4-8;2*1-3-5-9(2)6-4-8(10)7-9;1-9(6-8)4-2-3-7(9)5-10;1-8(2,5-6-9)7-3-4-7;1-8(2)5-3-4-7(8)6-9/h1,9,11H,4-8H2,2H3;8,10H,3-7H2,1-2H3;2*1,8,10H,4-7H2,2H3;7,10H,2-6H2,1H3;2*7,9H,3-6H2,1-2H3/q7*+1/t9-,10?;;2*8-,9?;7-,9?;;/m0.100../s1. The van der Waals surface area contributed by atoms with Gasteiger partial charge in [0.2, 0.25) is 6.80 Å². The van der Waals surface area contributed by atoms with Gasteiger partial charge in [-0.25, -0.2) is 0 Å². The summed E-state index contributed by atoms with van der Waals surface area (Å²) >= 11 is 0. The molecule has 5 heterocycles. The topological polar surface area (TPSA) is 142 Å². The summed E-state index contributed by atoms with van der Waals surface area (Å²) < 4.78 is 18.4. The first-order valence-corrected chi connectivity index (χ1v) is 26.3. The summed E-state index contributed by atoms with van der Waals surface area (Å²) in [5.41, 5.74) is 0. The number of alkyl halides is 1. The van der Waals surface area contributed by atoms with E-state index in [2.05, 4.69) is 81.2 Å². The van der Waals surface area contributed by atoms with Crippen LogP contribution in [0.3, 0.4) is 0 Å². The number of quaternary nitrogens is 7. The van der Waals surface area contributed by atoms with Crippen molar-refractivity contribution >= 4 is 0 Å². The molecule has 0 amide bonds. The average molecular weight is 988 g/mol. The number of likely N-dealkylation sites (tertiary alicyclic amines) is 5. The zero-order valence-electron chi connectivity index (χ0n) is 45.8. The third-order valence-electron chi connectivity index (χ3n) is 16.4. The monoisotopic (exact) mass is 987 g/mol. The molecule has 7 rings (SSSR count). The first-order chi connectivity index (χ1) is 32.2. The molecule has 7 fully saturated rings. The minimum absolute atomic E-state index is 0.125. The van der Waals surface area contributed by atoms with E-state index in [0.29, 0.717) is 36.4 Å². The molecule has 14 nitrogen and oxygen atoms in total. The second-order valence-corrected chi connectivity index (χ2v) is 24.5. The van der Waals surface area contributed by atoms with Crippen LogP contribution in [0.15, 0.2) is 0 Å². The summed E-state index contributed by atoms with van der Waals surface area (Å²) in [6.07, 6.45) is 29.5. The molecule has 5 aliphatic heterocycles. The summed E-state index contributed by atoms with van der Waals surface area (Å²) in [5, 5.41) is 62.6. The van der Waals surface area contributed by atoms with Crippen LogP contribution < -0.4 is 0 Å². The highest BCUT2D eigenvalue weighted by Gasteiger charge is 2.39. The number of terminal acetylenes is 3. The minimum Gasteiger partial charge on any atom is -0.391 e. The van der Waals surface area contributed by atoms with Gasteiger partial charge >= 0.3 is 0 Å². The van der Waals surface area contributed by atoms with Crippen molar-refractivity contribution in [1.82, 2.24) is 0 Å². The highest BCUT2D eigenvalue weighted by atomic mass is 19.1. The van der Waals surface area contributed by atoms with Gasteiger partial charge in [-0.1, -0.05) is 0 Å². The van der Waals surface area contributed by atoms with E-state index in [1.807, 2.05) is 7.05 Å². The average Bonchev–Trinajstić information content (AvgIpc) is 4.12. The van der Waals surface area contributed by atoms with Crippen molar-refractivity contribution < 1.29 is 71.5 Å². The van der Waals surface area contributed by atoms with Crippen molar-refractivity contribution in [3.63, 3.8) is 0 Å². The summed E-state index contributed by atoms with van der Waals surface area (Å²) in [4.78, 5) is 0. The highest BCUT2D eigenvalue weighted by Crippen LogP contribution is 2.31. The SMILES string of the molecule is C#CC[N+]1(C)CCC[C@H]1CO.C#CC[N+]1(C)CC[C@@H](O)C1.C#CC[N+]1(C)CC[C@H](O)C1.C[N+](C)(CCO)C1CC1.C[N+](C)(CCO)CC1CC1.C[N+]1(C)CCCC1CO.C[N+]1(CF)CCC[C@H]1CO. The van der Waals surface area contributed by atoms with Crippen LogP contribution in [0.5, 0.6) is 0 Å². The second-order valence-electron chi connectivity index (χ2n) is 24.5. The molecule has 0 aromatic heterocycles. The fourth-order valence-corrected chi connectivity index (χ4v) is 10.7. The number of hydrogen-bond acceptors (Lipinski definition) is 7. The molecule has 69 heavy (non-hydrogen) atoms. The van der Waals surface area contributed by atoms with Crippen molar-refractivity contribution in [2.45, 2.75) is 113 Å². The molecule has 5 unspecified atom stereocenters. The van der Waals surface area contributed by atoms with Crippen LogP contribution in [0.25, 0.3) is 0 Å². The maximum atomic E-state index is 12.4. The lowest BCUT2D eigenvalue weighted by atomic mass is 10.2. The lowest BCUT2D eigenvalue weighted by Crippen LogP contribution is -2.49. The number of aliphatic hydroxyl groups is 7. The van der Waals surface area contributed by atoms with Gasteiger partial charge < -0.3 is 62.6 Å². The number of halogens is 1. The number of aliphatic hydroxyl groups excluding tert-OH is 7. The van der Waals surface area contributed by atoms with Crippen LogP contribution in [0.1, 0.15) is 77.0 Å². The van der Waals surface area contributed by atoms with Crippen molar-refractivity contribution in [3.05, 3.63) is 0 Å². The summed E-state index contributed by atoms with van der Waals surface area (Å²) in [6.45, 7) is 13.3. The van der Waals surface area contributed by atoms with Crippen molar-refractivity contribution in [2.75, 3.05) is 195 Å². The summed E-state index contributed by atoms with van der Waals surface area (Å²) in [6, 6.07) is 1.87. The molecule has 0 radical (unpaired) electrons. The Balaban J connectivity index is 0.000000403. The Morgan fingerprint density at radius 3 is 1.25 bits per heavy atom. The van der Waals surface area contributed by atoms with Gasteiger partial charge in [-0.2, -0.15) is 4.39 Å². The maximum Gasteiger partial charge on any atom is 0.222 e. The van der Waals surface area contributed by atoms with Gasteiger partial charge in [-0.15, -0.1) is 19.3 Å². The lowest BCUT2D eigenvalue weighted by Gasteiger charge is -2.33. The smallest absolute Gasteiger partial charge is 0.222 e. The summed E-state index contributed by atoms with van der Waals surface area (Å²) in [7, 11) is 21.3.